The van der Waals surface area contributed by atoms with Crippen molar-refractivity contribution in [2.24, 2.45) is 0 Å². The third-order valence-electron chi connectivity index (χ3n) is 3.64. The Morgan fingerprint density at radius 2 is 2.26 bits per heavy atom. The summed E-state index contributed by atoms with van der Waals surface area (Å²) < 4.78 is 24.0. The van der Waals surface area contributed by atoms with Gasteiger partial charge in [0.25, 0.3) is 0 Å². The molecule has 1 aromatic rings. The van der Waals surface area contributed by atoms with Gasteiger partial charge in [0.1, 0.15) is 5.60 Å². The van der Waals surface area contributed by atoms with Crippen LogP contribution in [-0.4, -0.2) is 25.1 Å². The molecule has 1 atom stereocenters. The summed E-state index contributed by atoms with van der Waals surface area (Å²) in [4.78, 5) is 12.3. The predicted octanol–water partition coefficient (Wildman–Crippen LogP) is 2.91. The predicted molar refractivity (Wildman–Crippen MR) is 69.9 cm³/mol. The van der Waals surface area contributed by atoms with Crippen molar-refractivity contribution in [2.75, 3.05) is 13.7 Å². The number of halogens is 1. The Morgan fingerprint density at radius 1 is 1.47 bits per heavy atom. The molecule has 0 spiro atoms. The van der Waals surface area contributed by atoms with E-state index >= 15 is 0 Å². The van der Waals surface area contributed by atoms with E-state index in [0.29, 0.717) is 12.2 Å². The van der Waals surface area contributed by atoms with Crippen molar-refractivity contribution in [3.8, 4) is 5.75 Å². The van der Waals surface area contributed by atoms with E-state index in [0.717, 1.165) is 19.3 Å². The van der Waals surface area contributed by atoms with E-state index in [2.05, 4.69) is 0 Å². The normalized spacial score (nSPS) is 23.1. The van der Waals surface area contributed by atoms with Gasteiger partial charge in [-0.1, -0.05) is 6.07 Å². The molecule has 0 bridgehead atoms. The fraction of sp³-hybridized carbons (Fsp3) is 0.533. The minimum absolute atomic E-state index is 0.0109. The summed E-state index contributed by atoms with van der Waals surface area (Å²) in [6.45, 7) is 2.45. The lowest BCUT2D eigenvalue weighted by Gasteiger charge is -2.32. The Kier molecular flexibility index (Phi) is 4.20. The highest BCUT2D eigenvalue weighted by Gasteiger charge is 2.35. The zero-order valence-corrected chi connectivity index (χ0v) is 11.4. The van der Waals surface area contributed by atoms with Gasteiger partial charge < -0.3 is 9.47 Å². The largest absolute Gasteiger partial charge is 0.494 e. The molecule has 104 valence electrons. The van der Waals surface area contributed by atoms with Crippen molar-refractivity contribution < 1.29 is 18.7 Å². The second kappa shape index (κ2) is 5.70. The number of benzene rings is 1. The van der Waals surface area contributed by atoms with Crippen molar-refractivity contribution in [1.82, 2.24) is 0 Å². The van der Waals surface area contributed by atoms with E-state index in [4.69, 9.17) is 9.47 Å². The molecular weight excluding hydrogens is 247 g/mol. The van der Waals surface area contributed by atoms with Gasteiger partial charge in [-0.2, -0.15) is 0 Å². The standard InChI is InChI=1S/C15H19FO3/c1-15(7-3-4-8-19-15)14(17)10-11-5-6-13(18-2)12(16)9-11/h5-6,9H,3-4,7-8,10H2,1-2H3. The molecule has 1 fully saturated rings. The van der Waals surface area contributed by atoms with Gasteiger partial charge in [0.2, 0.25) is 0 Å². The van der Waals surface area contributed by atoms with E-state index in [9.17, 15) is 9.18 Å². The molecule has 2 rings (SSSR count). The lowest BCUT2D eigenvalue weighted by molar-refractivity contribution is -0.147. The maximum absolute atomic E-state index is 13.6. The molecule has 4 heteroatoms. The zero-order valence-electron chi connectivity index (χ0n) is 11.4. The first-order chi connectivity index (χ1) is 9.05. The van der Waals surface area contributed by atoms with Crippen molar-refractivity contribution >= 4 is 5.78 Å². The van der Waals surface area contributed by atoms with Gasteiger partial charge in [-0.05, 0) is 43.9 Å². The van der Waals surface area contributed by atoms with Crippen molar-refractivity contribution in [3.63, 3.8) is 0 Å². The van der Waals surface area contributed by atoms with Crippen molar-refractivity contribution in [1.29, 1.82) is 0 Å². The number of rotatable bonds is 4. The van der Waals surface area contributed by atoms with E-state index < -0.39 is 11.4 Å². The third kappa shape index (κ3) is 3.13. The molecule has 0 radical (unpaired) electrons. The SMILES string of the molecule is COc1ccc(CC(=O)C2(C)CCCCO2)cc1F. The number of Topliss-reactive ketones (excluding diaryl/α,β-unsaturated/α-hetero) is 1. The van der Waals surface area contributed by atoms with Crippen LogP contribution in [0.3, 0.4) is 0 Å². The van der Waals surface area contributed by atoms with Crippen LogP contribution in [0.25, 0.3) is 0 Å². The Morgan fingerprint density at radius 3 is 2.84 bits per heavy atom. The van der Waals surface area contributed by atoms with Gasteiger partial charge in [0.05, 0.1) is 7.11 Å². The molecule has 1 saturated heterocycles. The number of hydrogen-bond acceptors (Lipinski definition) is 3. The number of ether oxygens (including phenoxy) is 2. The topological polar surface area (TPSA) is 35.5 Å². The molecule has 0 amide bonds. The van der Waals surface area contributed by atoms with Crippen LogP contribution < -0.4 is 4.74 Å². The summed E-state index contributed by atoms with van der Waals surface area (Å²) in [6, 6.07) is 4.61. The maximum atomic E-state index is 13.6. The summed E-state index contributed by atoms with van der Waals surface area (Å²) >= 11 is 0. The Hall–Kier alpha value is -1.42. The van der Waals surface area contributed by atoms with E-state index in [1.807, 2.05) is 6.92 Å². The number of carbonyl (C=O) groups excluding carboxylic acids is 1. The van der Waals surface area contributed by atoms with E-state index in [-0.39, 0.29) is 18.0 Å². The molecule has 0 aliphatic carbocycles. The minimum Gasteiger partial charge on any atom is -0.494 e. The van der Waals surface area contributed by atoms with Crippen LogP contribution in [-0.2, 0) is 16.0 Å². The summed E-state index contributed by atoms with van der Waals surface area (Å²) in [6.07, 6.45) is 2.93. The summed E-state index contributed by atoms with van der Waals surface area (Å²) in [5, 5.41) is 0. The van der Waals surface area contributed by atoms with Crippen molar-refractivity contribution in [2.45, 2.75) is 38.2 Å². The smallest absolute Gasteiger partial charge is 0.168 e. The average Bonchev–Trinajstić information content (AvgIpc) is 2.40. The number of ketones is 1. The molecule has 1 aromatic carbocycles. The van der Waals surface area contributed by atoms with Gasteiger partial charge in [-0.25, -0.2) is 4.39 Å². The number of methoxy groups -OCH3 is 1. The van der Waals surface area contributed by atoms with E-state index in [1.54, 1.807) is 12.1 Å². The van der Waals surface area contributed by atoms with Crippen LogP contribution in [0.4, 0.5) is 4.39 Å². The van der Waals surface area contributed by atoms with Gasteiger partial charge in [-0.3, -0.25) is 4.79 Å². The maximum Gasteiger partial charge on any atom is 0.168 e. The average molecular weight is 266 g/mol. The quantitative estimate of drug-likeness (QED) is 0.840. The highest BCUT2D eigenvalue weighted by Crippen LogP contribution is 2.27. The molecule has 3 nitrogen and oxygen atoms in total. The summed E-state index contributed by atoms with van der Waals surface area (Å²) in [5.74, 6) is -0.240. The third-order valence-corrected chi connectivity index (χ3v) is 3.64. The summed E-state index contributed by atoms with van der Waals surface area (Å²) in [5.41, 5.74) is -0.0621. The lowest BCUT2D eigenvalue weighted by atomic mass is 9.88. The van der Waals surface area contributed by atoms with Crippen LogP contribution >= 0.6 is 0 Å². The fourth-order valence-electron chi connectivity index (χ4n) is 2.35. The van der Waals surface area contributed by atoms with E-state index in [1.165, 1.54) is 13.2 Å². The molecule has 1 aliphatic rings. The highest BCUT2D eigenvalue weighted by atomic mass is 19.1. The first-order valence-corrected chi connectivity index (χ1v) is 6.55. The van der Waals surface area contributed by atoms with Gasteiger partial charge >= 0.3 is 0 Å². The molecule has 0 N–H and O–H groups in total. The van der Waals surface area contributed by atoms with Crippen LogP contribution in [0.5, 0.6) is 5.75 Å². The minimum atomic E-state index is -0.714. The number of carbonyl (C=O) groups is 1. The Balaban J connectivity index is 2.08. The Bertz CT molecular complexity index is 464. The zero-order chi connectivity index (χ0) is 13.9. The first-order valence-electron chi connectivity index (χ1n) is 6.55. The van der Waals surface area contributed by atoms with Crippen LogP contribution in [0.2, 0.25) is 0 Å². The molecule has 1 unspecified atom stereocenters. The monoisotopic (exact) mass is 266 g/mol. The lowest BCUT2D eigenvalue weighted by Crippen LogP contribution is -2.42. The van der Waals surface area contributed by atoms with Gasteiger partial charge in [0.15, 0.2) is 17.3 Å². The fourth-order valence-corrected chi connectivity index (χ4v) is 2.35. The second-order valence-electron chi connectivity index (χ2n) is 5.11. The van der Waals surface area contributed by atoms with Gasteiger partial charge in [0, 0.05) is 13.0 Å². The molecule has 0 saturated carbocycles. The van der Waals surface area contributed by atoms with Crippen LogP contribution in [0, 0.1) is 5.82 Å². The number of hydrogen-bond donors (Lipinski definition) is 0. The van der Waals surface area contributed by atoms with Gasteiger partial charge in [-0.15, -0.1) is 0 Å². The van der Waals surface area contributed by atoms with Crippen LogP contribution in [0.1, 0.15) is 31.7 Å². The summed E-state index contributed by atoms with van der Waals surface area (Å²) in [7, 11) is 1.42. The molecule has 19 heavy (non-hydrogen) atoms. The van der Waals surface area contributed by atoms with Crippen LogP contribution in [0.15, 0.2) is 18.2 Å². The highest BCUT2D eigenvalue weighted by molar-refractivity contribution is 5.88. The second-order valence-corrected chi connectivity index (χ2v) is 5.11. The van der Waals surface area contributed by atoms with Crippen molar-refractivity contribution in [3.05, 3.63) is 29.6 Å². The molecule has 1 aliphatic heterocycles. The molecular formula is C15H19FO3. The molecule has 0 aromatic heterocycles. The Labute approximate surface area is 112 Å². The first kappa shape index (κ1) is 14.0. The molecule has 1 heterocycles.